The van der Waals surface area contributed by atoms with Crippen molar-refractivity contribution < 1.29 is 4.74 Å². The van der Waals surface area contributed by atoms with Gasteiger partial charge < -0.3 is 4.74 Å². The summed E-state index contributed by atoms with van der Waals surface area (Å²) < 4.78 is 5.71. The van der Waals surface area contributed by atoms with Crippen LogP contribution >= 0.6 is 0 Å². The SMILES string of the molecule is O=NCc1ccccc1OCCN1CCCC1. The molecule has 4 heteroatoms. The van der Waals surface area contributed by atoms with Gasteiger partial charge in [-0.2, -0.15) is 4.91 Å². The highest BCUT2D eigenvalue weighted by Crippen LogP contribution is 2.18. The zero-order valence-corrected chi connectivity index (χ0v) is 9.97. The molecule has 1 fully saturated rings. The fraction of sp³-hybridized carbons (Fsp3) is 0.538. The van der Waals surface area contributed by atoms with Gasteiger partial charge in [-0.25, -0.2) is 0 Å². The van der Waals surface area contributed by atoms with Crippen LogP contribution in [-0.4, -0.2) is 31.1 Å². The predicted molar refractivity (Wildman–Crippen MR) is 67.1 cm³/mol. The third-order valence-corrected chi connectivity index (χ3v) is 3.07. The first-order valence-corrected chi connectivity index (χ1v) is 6.12. The normalized spacial score (nSPS) is 16.0. The summed E-state index contributed by atoms with van der Waals surface area (Å²) in [4.78, 5) is 12.7. The molecule has 0 N–H and O–H groups in total. The number of ether oxygens (including phenoxy) is 1. The molecule has 0 bridgehead atoms. The molecule has 1 aromatic carbocycles. The lowest BCUT2D eigenvalue weighted by molar-refractivity contribution is 0.236. The van der Waals surface area contributed by atoms with Crippen molar-refractivity contribution in [2.45, 2.75) is 19.4 Å². The Morgan fingerprint density at radius 1 is 1.24 bits per heavy atom. The minimum Gasteiger partial charge on any atom is -0.492 e. The molecule has 1 saturated heterocycles. The first-order chi connectivity index (χ1) is 8.40. The van der Waals surface area contributed by atoms with Gasteiger partial charge in [0.25, 0.3) is 0 Å². The van der Waals surface area contributed by atoms with Crippen molar-refractivity contribution in [3.8, 4) is 5.75 Å². The molecular weight excluding hydrogens is 216 g/mol. The molecule has 0 saturated carbocycles. The first kappa shape index (κ1) is 12.0. The van der Waals surface area contributed by atoms with Crippen LogP contribution in [0.1, 0.15) is 18.4 Å². The molecule has 2 rings (SSSR count). The van der Waals surface area contributed by atoms with Crippen LogP contribution in [-0.2, 0) is 6.54 Å². The Morgan fingerprint density at radius 3 is 2.76 bits per heavy atom. The molecule has 17 heavy (non-hydrogen) atoms. The molecule has 0 radical (unpaired) electrons. The largest absolute Gasteiger partial charge is 0.492 e. The van der Waals surface area contributed by atoms with Crippen LogP contribution in [0, 0.1) is 4.91 Å². The second-order valence-electron chi connectivity index (χ2n) is 4.29. The molecule has 1 aromatic rings. The van der Waals surface area contributed by atoms with Crippen molar-refractivity contribution in [3.05, 3.63) is 34.7 Å². The monoisotopic (exact) mass is 234 g/mol. The maximum atomic E-state index is 10.3. The summed E-state index contributed by atoms with van der Waals surface area (Å²) in [6.45, 7) is 4.18. The molecule has 92 valence electrons. The number of hydrogen-bond donors (Lipinski definition) is 0. The van der Waals surface area contributed by atoms with Gasteiger partial charge in [-0.1, -0.05) is 23.4 Å². The average Bonchev–Trinajstić information content (AvgIpc) is 2.85. The van der Waals surface area contributed by atoms with Crippen molar-refractivity contribution in [3.63, 3.8) is 0 Å². The van der Waals surface area contributed by atoms with E-state index in [0.29, 0.717) is 6.61 Å². The fourth-order valence-electron chi connectivity index (χ4n) is 2.14. The molecule has 0 spiro atoms. The Labute approximate surface area is 102 Å². The lowest BCUT2D eigenvalue weighted by Crippen LogP contribution is -2.25. The molecule has 0 atom stereocenters. The van der Waals surface area contributed by atoms with Gasteiger partial charge in [0, 0.05) is 12.1 Å². The third kappa shape index (κ3) is 3.53. The maximum Gasteiger partial charge on any atom is 0.124 e. The zero-order chi connectivity index (χ0) is 11.9. The summed E-state index contributed by atoms with van der Waals surface area (Å²) in [6, 6.07) is 7.59. The molecule has 0 amide bonds. The molecule has 1 aliphatic heterocycles. The summed E-state index contributed by atoms with van der Waals surface area (Å²) in [5.74, 6) is 0.784. The fourth-order valence-corrected chi connectivity index (χ4v) is 2.14. The van der Waals surface area contributed by atoms with E-state index >= 15 is 0 Å². The average molecular weight is 234 g/mol. The predicted octanol–water partition coefficient (Wildman–Crippen LogP) is 2.43. The lowest BCUT2D eigenvalue weighted by Gasteiger charge is -2.15. The van der Waals surface area contributed by atoms with Gasteiger partial charge in [0.15, 0.2) is 0 Å². The van der Waals surface area contributed by atoms with E-state index in [1.807, 2.05) is 24.3 Å². The Hall–Kier alpha value is -1.42. The first-order valence-electron chi connectivity index (χ1n) is 6.12. The third-order valence-electron chi connectivity index (χ3n) is 3.07. The number of para-hydroxylation sites is 1. The van der Waals surface area contributed by atoms with Crippen LogP contribution in [0.25, 0.3) is 0 Å². The topological polar surface area (TPSA) is 41.9 Å². The number of benzene rings is 1. The van der Waals surface area contributed by atoms with Gasteiger partial charge in [-0.3, -0.25) is 4.90 Å². The Morgan fingerprint density at radius 2 is 2.00 bits per heavy atom. The van der Waals surface area contributed by atoms with Gasteiger partial charge in [-0.05, 0) is 32.0 Å². The van der Waals surface area contributed by atoms with Crippen molar-refractivity contribution in [1.82, 2.24) is 4.90 Å². The number of hydrogen-bond acceptors (Lipinski definition) is 4. The summed E-state index contributed by atoms with van der Waals surface area (Å²) in [5.41, 5.74) is 0.865. The summed E-state index contributed by atoms with van der Waals surface area (Å²) in [5, 5.41) is 2.91. The van der Waals surface area contributed by atoms with E-state index in [4.69, 9.17) is 4.74 Å². The number of likely N-dealkylation sites (tertiary alicyclic amines) is 1. The molecule has 1 heterocycles. The molecule has 1 aliphatic rings. The molecule has 0 aromatic heterocycles. The van der Waals surface area contributed by atoms with Crippen molar-refractivity contribution >= 4 is 0 Å². The standard InChI is InChI=1S/C13H18N2O2/c16-14-11-12-5-1-2-6-13(12)17-10-9-15-7-3-4-8-15/h1-2,5-6H,3-4,7-11H2. The smallest absolute Gasteiger partial charge is 0.124 e. The van der Waals surface area contributed by atoms with Crippen molar-refractivity contribution in [2.75, 3.05) is 26.2 Å². The minimum absolute atomic E-state index is 0.180. The van der Waals surface area contributed by atoms with Gasteiger partial charge in [0.1, 0.15) is 18.9 Å². The molecule has 0 unspecified atom stereocenters. The second kappa shape index (κ2) is 6.35. The summed E-state index contributed by atoms with van der Waals surface area (Å²) in [6.07, 6.45) is 2.59. The Bertz CT molecular complexity index is 362. The van der Waals surface area contributed by atoms with Crippen molar-refractivity contribution in [2.24, 2.45) is 5.18 Å². The van der Waals surface area contributed by atoms with Crippen LogP contribution in [0.15, 0.2) is 29.4 Å². The highest BCUT2D eigenvalue weighted by atomic mass is 16.5. The van der Waals surface area contributed by atoms with Crippen LogP contribution in [0.4, 0.5) is 0 Å². The van der Waals surface area contributed by atoms with E-state index in [-0.39, 0.29) is 6.54 Å². The van der Waals surface area contributed by atoms with E-state index in [1.54, 1.807) is 0 Å². The van der Waals surface area contributed by atoms with Gasteiger partial charge in [-0.15, -0.1) is 0 Å². The summed E-state index contributed by atoms with van der Waals surface area (Å²) in [7, 11) is 0. The number of nitrogens with zero attached hydrogens (tertiary/aromatic N) is 2. The van der Waals surface area contributed by atoms with E-state index in [0.717, 1.165) is 17.9 Å². The number of rotatable bonds is 6. The highest BCUT2D eigenvalue weighted by Gasteiger charge is 2.11. The van der Waals surface area contributed by atoms with Crippen LogP contribution in [0.2, 0.25) is 0 Å². The van der Waals surface area contributed by atoms with E-state index in [9.17, 15) is 4.91 Å². The minimum atomic E-state index is 0.180. The van der Waals surface area contributed by atoms with Gasteiger partial charge in [0.05, 0.1) is 0 Å². The Kier molecular flexibility index (Phi) is 4.50. The lowest BCUT2D eigenvalue weighted by atomic mass is 10.2. The quantitative estimate of drug-likeness (QED) is 0.710. The van der Waals surface area contributed by atoms with E-state index in [2.05, 4.69) is 10.1 Å². The van der Waals surface area contributed by atoms with E-state index < -0.39 is 0 Å². The number of nitroso groups, excluding NO2 is 1. The van der Waals surface area contributed by atoms with Crippen LogP contribution in [0.3, 0.4) is 0 Å². The summed E-state index contributed by atoms with van der Waals surface area (Å²) >= 11 is 0. The van der Waals surface area contributed by atoms with Crippen LogP contribution in [0.5, 0.6) is 5.75 Å². The zero-order valence-electron chi connectivity index (χ0n) is 9.97. The van der Waals surface area contributed by atoms with Crippen molar-refractivity contribution in [1.29, 1.82) is 0 Å². The molecule has 0 aliphatic carbocycles. The maximum absolute atomic E-state index is 10.3. The molecule has 4 nitrogen and oxygen atoms in total. The van der Waals surface area contributed by atoms with Gasteiger partial charge in [0.2, 0.25) is 0 Å². The molecular formula is C13H18N2O2. The highest BCUT2D eigenvalue weighted by molar-refractivity contribution is 5.33. The van der Waals surface area contributed by atoms with Crippen LogP contribution < -0.4 is 4.74 Å². The second-order valence-corrected chi connectivity index (χ2v) is 4.29. The van der Waals surface area contributed by atoms with E-state index in [1.165, 1.54) is 25.9 Å². The Balaban J connectivity index is 1.82. The van der Waals surface area contributed by atoms with Gasteiger partial charge >= 0.3 is 0 Å².